The van der Waals surface area contributed by atoms with Crippen molar-refractivity contribution in [1.82, 2.24) is 0 Å². The van der Waals surface area contributed by atoms with E-state index in [-0.39, 0.29) is 17.6 Å². The third kappa shape index (κ3) is 6.27. The first kappa shape index (κ1) is 28.9. The zero-order valence-corrected chi connectivity index (χ0v) is 25.4. The van der Waals surface area contributed by atoms with Gasteiger partial charge in [-0.3, -0.25) is 0 Å². The highest BCUT2D eigenvalue weighted by molar-refractivity contribution is 6.99. The van der Waals surface area contributed by atoms with Crippen molar-refractivity contribution in [3.8, 4) is 11.3 Å². The van der Waals surface area contributed by atoms with E-state index >= 15 is 0 Å². The Bertz CT molecular complexity index is 1180. The van der Waals surface area contributed by atoms with Crippen molar-refractivity contribution in [1.29, 1.82) is 0 Å². The molecule has 0 saturated carbocycles. The van der Waals surface area contributed by atoms with Crippen LogP contribution in [0, 0.1) is 11.3 Å². The molecule has 0 bridgehead atoms. The average Bonchev–Trinajstić information content (AvgIpc) is 2.87. The van der Waals surface area contributed by atoms with E-state index in [1.165, 1.54) is 10.4 Å². The highest BCUT2D eigenvalue weighted by Gasteiger charge is 2.54. The summed E-state index contributed by atoms with van der Waals surface area (Å²) in [5, 5.41) is 3.75. The predicted octanol–water partition coefficient (Wildman–Crippen LogP) is 6.63. The summed E-state index contributed by atoms with van der Waals surface area (Å²) in [5.41, 5.74) is 0.509. The van der Waals surface area contributed by atoms with Gasteiger partial charge in [0.15, 0.2) is 0 Å². The molecule has 6 heteroatoms. The van der Waals surface area contributed by atoms with E-state index < -0.39 is 21.6 Å². The smallest absolute Gasteiger partial charge is 0.338 e. The van der Waals surface area contributed by atoms with Gasteiger partial charge in [-0.2, -0.15) is 0 Å². The van der Waals surface area contributed by atoms with Crippen LogP contribution in [0.2, 0.25) is 24.7 Å². The maximum atomic E-state index is 13.4. The van der Waals surface area contributed by atoms with Crippen LogP contribution in [0.1, 0.15) is 37.6 Å². The average molecular weight is 549 g/mol. The Morgan fingerprint density at radius 2 is 1.27 bits per heavy atom. The second-order valence-corrected chi connectivity index (χ2v) is 21.3. The summed E-state index contributed by atoms with van der Waals surface area (Å²) in [4.78, 5) is 13.4. The molecule has 0 heterocycles. The number of carbonyl (C=O) groups is 1. The van der Waals surface area contributed by atoms with Gasteiger partial charge in [0.1, 0.15) is 13.3 Å². The van der Waals surface area contributed by atoms with Crippen LogP contribution >= 0.6 is 11.6 Å². The molecule has 194 valence electrons. The number of esters is 1. The quantitative estimate of drug-likeness (QED) is 0.171. The monoisotopic (exact) mass is 548 g/mol. The standard InChI is InChI=1S/C31H37ClO3Si2/c1-30(2,3)37(27-19-12-8-13-20-27,28-21-14-9-15-22-28)34-25-31(23-16-24-32,36(4,5)6)35-29(33)26-17-10-7-11-18-26/h7-15,17-22H,23,25H2,1-6H3. The Labute approximate surface area is 229 Å². The van der Waals surface area contributed by atoms with Gasteiger partial charge in [0.25, 0.3) is 8.32 Å². The summed E-state index contributed by atoms with van der Waals surface area (Å²) in [5.74, 6) is 2.65. The summed E-state index contributed by atoms with van der Waals surface area (Å²) in [6.07, 6.45) is 0.309. The van der Waals surface area contributed by atoms with Crippen molar-refractivity contribution < 1.29 is 14.0 Å². The minimum atomic E-state index is -2.86. The fourth-order valence-corrected chi connectivity index (χ4v) is 11.1. The van der Waals surface area contributed by atoms with E-state index in [1.807, 2.05) is 30.3 Å². The first-order chi connectivity index (χ1) is 17.5. The lowest BCUT2D eigenvalue weighted by molar-refractivity contribution is -0.00434. The zero-order valence-electron chi connectivity index (χ0n) is 22.7. The number of benzene rings is 3. The molecule has 0 aliphatic carbocycles. The van der Waals surface area contributed by atoms with Gasteiger partial charge in [-0.15, -0.1) is 0 Å². The van der Waals surface area contributed by atoms with E-state index in [0.29, 0.717) is 12.0 Å². The van der Waals surface area contributed by atoms with E-state index in [0.717, 1.165) is 0 Å². The molecule has 0 radical (unpaired) electrons. The van der Waals surface area contributed by atoms with Crippen LogP contribution in [0.25, 0.3) is 0 Å². The van der Waals surface area contributed by atoms with Gasteiger partial charge < -0.3 is 9.16 Å². The minimum Gasteiger partial charge on any atom is -0.456 e. The Balaban J connectivity index is 2.17. The third-order valence-corrected chi connectivity index (χ3v) is 15.3. The van der Waals surface area contributed by atoms with Crippen molar-refractivity contribution in [3.05, 3.63) is 96.6 Å². The highest BCUT2D eigenvalue weighted by atomic mass is 35.5. The molecular formula is C31H37ClO3Si2. The van der Waals surface area contributed by atoms with E-state index in [2.05, 4.69) is 100 Å². The first-order valence-electron chi connectivity index (χ1n) is 12.6. The number of halogens is 1. The molecule has 1 atom stereocenters. The zero-order chi connectivity index (χ0) is 27.2. The molecule has 0 aliphatic heterocycles. The fraction of sp³-hybridized carbons (Fsp3) is 0.323. The van der Waals surface area contributed by atoms with Crippen molar-refractivity contribution in [2.24, 2.45) is 0 Å². The lowest BCUT2D eigenvalue weighted by atomic mass is 10.2. The Morgan fingerprint density at radius 1 is 0.811 bits per heavy atom. The highest BCUT2D eigenvalue weighted by Crippen LogP contribution is 2.39. The van der Waals surface area contributed by atoms with Crippen LogP contribution < -0.4 is 10.4 Å². The topological polar surface area (TPSA) is 35.5 Å². The molecule has 0 spiro atoms. The Morgan fingerprint density at radius 3 is 1.68 bits per heavy atom. The predicted molar refractivity (Wildman–Crippen MR) is 160 cm³/mol. The van der Waals surface area contributed by atoms with Gasteiger partial charge in [-0.25, -0.2) is 4.79 Å². The normalized spacial score (nSPS) is 13.7. The van der Waals surface area contributed by atoms with Crippen LogP contribution in [0.15, 0.2) is 91.0 Å². The maximum absolute atomic E-state index is 13.4. The van der Waals surface area contributed by atoms with Gasteiger partial charge in [0.2, 0.25) is 0 Å². The molecule has 3 aromatic carbocycles. The summed E-state index contributed by atoms with van der Waals surface area (Å²) < 4.78 is 13.7. The molecule has 0 saturated heterocycles. The number of hydrogen-bond donors (Lipinski definition) is 0. The molecular weight excluding hydrogens is 512 g/mol. The van der Waals surface area contributed by atoms with Gasteiger partial charge in [-0.05, 0) is 39.1 Å². The number of carbonyl (C=O) groups excluding carboxylic acids is 1. The fourth-order valence-electron chi connectivity index (χ4n) is 4.72. The number of rotatable bonds is 9. The molecule has 0 N–H and O–H groups in total. The van der Waals surface area contributed by atoms with Crippen LogP contribution in [-0.4, -0.2) is 34.2 Å². The van der Waals surface area contributed by atoms with Gasteiger partial charge in [0, 0.05) is 11.8 Å². The van der Waals surface area contributed by atoms with Crippen LogP contribution in [0.4, 0.5) is 0 Å². The SMILES string of the molecule is CC(C)(C)[Si](OCC(CC#CCl)(OC(=O)c1ccccc1)[Si](C)(C)C)(c1ccccc1)c1ccccc1. The molecule has 0 aliphatic rings. The van der Waals surface area contributed by atoms with Crippen LogP contribution in [0.3, 0.4) is 0 Å². The number of ether oxygens (including phenoxy) is 1. The van der Waals surface area contributed by atoms with Crippen molar-refractivity contribution >= 4 is 44.3 Å². The van der Waals surface area contributed by atoms with Gasteiger partial charge in [0.05, 0.1) is 12.2 Å². The van der Waals surface area contributed by atoms with Gasteiger partial charge >= 0.3 is 5.97 Å². The molecule has 3 aromatic rings. The Kier molecular flexibility index (Phi) is 9.25. The lowest BCUT2D eigenvalue weighted by Crippen LogP contribution is -2.69. The largest absolute Gasteiger partial charge is 0.456 e. The lowest BCUT2D eigenvalue weighted by Gasteiger charge is -2.48. The summed E-state index contributed by atoms with van der Waals surface area (Å²) >= 11 is 5.85. The third-order valence-electron chi connectivity index (χ3n) is 7.04. The minimum absolute atomic E-state index is 0.206. The summed E-state index contributed by atoms with van der Waals surface area (Å²) in [7, 11) is -5.10. The second-order valence-electron chi connectivity index (χ2n) is 11.4. The van der Waals surface area contributed by atoms with Crippen molar-refractivity contribution in [3.63, 3.8) is 0 Å². The maximum Gasteiger partial charge on any atom is 0.338 e. The second kappa shape index (κ2) is 11.8. The summed E-state index contributed by atoms with van der Waals surface area (Å²) in [6.45, 7) is 13.5. The molecule has 3 rings (SSSR count). The van der Waals surface area contributed by atoms with E-state index in [1.54, 1.807) is 12.1 Å². The molecule has 0 amide bonds. The molecule has 0 aromatic heterocycles. The Hall–Kier alpha value is -2.63. The number of hydrogen-bond acceptors (Lipinski definition) is 3. The van der Waals surface area contributed by atoms with Crippen molar-refractivity contribution in [2.45, 2.75) is 57.1 Å². The van der Waals surface area contributed by atoms with Gasteiger partial charge in [-0.1, -0.05) is 125 Å². The van der Waals surface area contributed by atoms with Crippen LogP contribution in [-0.2, 0) is 9.16 Å². The van der Waals surface area contributed by atoms with Crippen molar-refractivity contribution in [2.75, 3.05) is 6.61 Å². The van der Waals surface area contributed by atoms with E-state index in [9.17, 15) is 4.79 Å². The molecule has 1 unspecified atom stereocenters. The van der Waals surface area contributed by atoms with Crippen LogP contribution in [0.5, 0.6) is 0 Å². The summed E-state index contributed by atoms with van der Waals surface area (Å²) in [6, 6.07) is 30.1. The van der Waals surface area contributed by atoms with E-state index in [4.69, 9.17) is 20.8 Å². The molecule has 3 nitrogen and oxygen atoms in total. The molecule has 0 fully saturated rings. The first-order valence-corrected chi connectivity index (χ1v) is 18.4. The molecule has 37 heavy (non-hydrogen) atoms.